The lowest BCUT2D eigenvalue weighted by Gasteiger charge is -2.25. The van der Waals surface area contributed by atoms with Gasteiger partial charge in [0.2, 0.25) is 0 Å². The maximum Gasteiger partial charge on any atom is 0.0951 e. The minimum absolute atomic E-state index is 0.510. The van der Waals surface area contributed by atoms with E-state index < -0.39 is 0 Å². The molecule has 1 aromatic rings. The minimum atomic E-state index is 0.510. The van der Waals surface area contributed by atoms with Crippen LogP contribution in [-0.4, -0.2) is 16.1 Å². The summed E-state index contributed by atoms with van der Waals surface area (Å²) >= 11 is 0. The SMILES string of the molecule is CC(C)n1cncc1C1CCCCN1. The van der Waals surface area contributed by atoms with Gasteiger partial charge in [-0.1, -0.05) is 6.42 Å². The summed E-state index contributed by atoms with van der Waals surface area (Å²) in [7, 11) is 0. The first-order valence-electron chi connectivity index (χ1n) is 5.54. The van der Waals surface area contributed by atoms with Gasteiger partial charge in [-0.15, -0.1) is 0 Å². The third-order valence-electron chi connectivity index (χ3n) is 2.92. The molecular formula is C11H19N3. The Kier molecular flexibility index (Phi) is 2.87. The van der Waals surface area contributed by atoms with Crippen molar-refractivity contribution in [2.24, 2.45) is 0 Å². The van der Waals surface area contributed by atoms with Crippen molar-refractivity contribution in [1.29, 1.82) is 0 Å². The fourth-order valence-electron chi connectivity index (χ4n) is 2.12. The maximum absolute atomic E-state index is 4.24. The lowest BCUT2D eigenvalue weighted by Crippen LogP contribution is -2.28. The van der Waals surface area contributed by atoms with E-state index in [9.17, 15) is 0 Å². The van der Waals surface area contributed by atoms with Crippen molar-refractivity contribution >= 4 is 0 Å². The molecule has 0 saturated carbocycles. The molecule has 14 heavy (non-hydrogen) atoms. The number of hydrogen-bond acceptors (Lipinski definition) is 2. The van der Waals surface area contributed by atoms with Gasteiger partial charge in [-0.2, -0.15) is 0 Å². The molecule has 0 spiro atoms. The van der Waals surface area contributed by atoms with Crippen LogP contribution in [0.25, 0.3) is 0 Å². The zero-order valence-electron chi connectivity index (χ0n) is 9.03. The monoisotopic (exact) mass is 193 g/mol. The molecule has 0 aromatic carbocycles. The summed E-state index contributed by atoms with van der Waals surface area (Å²) in [4.78, 5) is 4.24. The average molecular weight is 193 g/mol. The second-order valence-corrected chi connectivity index (χ2v) is 4.32. The molecule has 0 bridgehead atoms. The van der Waals surface area contributed by atoms with Gasteiger partial charge in [0.1, 0.15) is 0 Å². The standard InChI is InChI=1S/C11H19N3/c1-9(2)14-8-12-7-11(14)10-5-3-4-6-13-10/h7-10,13H,3-6H2,1-2H3. The van der Waals surface area contributed by atoms with Gasteiger partial charge in [-0.3, -0.25) is 0 Å². The van der Waals surface area contributed by atoms with E-state index in [1.165, 1.54) is 25.0 Å². The van der Waals surface area contributed by atoms with Gasteiger partial charge in [0.05, 0.1) is 12.0 Å². The highest BCUT2D eigenvalue weighted by Gasteiger charge is 2.18. The fraction of sp³-hybridized carbons (Fsp3) is 0.727. The summed E-state index contributed by atoms with van der Waals surface area (Å²) in [6, 6.07) is 1.03. The highest BCUT2D eigenvalue weighted by molar-refractivity contribution is 5.07. The molecule has 2 rings (SSSR count). The molecule has 0 aliphatic carbocycles. The van der Waals surface area contributed by atoms with E-state index in [0.29, 0.717) is 12.1 Å². The second kappa shape index (κ2) is 4.13. The molecule has 1 N–H and O–H groups in total. The Balaban J connectivity index is 2.17. The molecule has 2 heterocycles. The highest BCUT2D eigenvalue weighted by Crippen LogP contribution is 2.24. The number of nitrogens with zero attached hydrogens (tertiary/aromatic N) is 2. The molecule has 3 nitrogen and oxygen atoms in total. The predicted molar refractivity (Wildman–Crippen MR) is 57.2 cm³/mol. The van der Waals surface area contributed by atoms with E-state index >= 15 is 0 Å². The number of piperidine rings is 1. The Bertz CT molecular complexity index is 284. The zero-order valence-corrected chi connectivity index (χ0v) is 9.03. The van der Waals surface area contributed by atoms with Crippen molar-refractivity contribution in [3.05, 3.63) is 18.2 Å². The number of aromatic nitrogens is 2. The second-order valence-electron chi connectivity index (χ2n) is 4.32. The van der Waals surface area contributed by atoms with Crippen molar-refractivity contribution in [1.82, 2.24) is 14.9 Å². The van der Waals surface area contributed by atoms with Gasteiger partial charge < -0.3 is 9.88 Å². The summed E-state index contributed by atoms with van der Waals surface area (Å²) in [6.45, 7) is 5.55. The van der Waals surface area contributed by atoms with Crippen molar-refractivity contribution in [3.8, 4) is 0 Å². The molecule has 78 valence electrons. The highest BCUT2D eigenvalue weighted by atomic mass is 15.1. The normalized spacial score (nSPS) is 22.9. The minimum Gasteiger partial charge on any atom is -0.331 e. The fourth-order valence-corrected chi connectivity index (χ4v) is 2.12. The predicted octanol–water partition coefficient (Wildman–Crippen LogP) is 2.28. The molecule has 1 unspecified atom stereocenters. The molecule has 3 heteroatoms. The van der Waals surface area contributed by atoms with Gasteiger partial charge >= 0.3 is 0 Å². The molecule has 1 fully saturated rings. The largest absolute Gasteiger partial charge is 0.331 e. The van der Waals surface area contributed by atoms with Crippen molar-refractivity contribution in [2.75, 3.05) is 6.54 Å². The quantitative estimate of drug-likeness (QED) is 0.781. The summed E-state index contributed by atoms with van der Waals surface area (Å²) in [6.07, 6.45) is 7.84. The summed E-state index contributed by atoms with van der Waals surface area (Å²) in [5.74, 6) is 0. The van der Waals surface area contributed by atoms with E-state index in [0.717, 1.165) is 6.54 Å². The first kappa shape index (κ1) is 9.71. The number of rotatable bonds is 2. The lowest BCUT2D eigenvalue weighted by molar-refractivity contribution is 0.386. The molecule has 1 aliphatic rings. The number of nitrogens with one attached hydrogen (secondary N) is 1. The molecule has 1 aromatic heterocycles. The van der Waals surface area contributed by atoms with Gasteiger partial charge in [0.15, 0.2) is 0 Å². The van der Waals surface area contributed by atoms with Crippen LogP contribution in [0.1, 0.15) is 50.9 Å². The van der Waals surface area contributed by atoms with Crippen LogP contribution in [0.15, 0.2) is 12.5 Å². The first-order chi connectivity index (χ1) is 6.79. The van der Waals surface area contributed by atoms with Crippen LogP contribution in [0.2, 0.25) is 0 Å². The van der Waals surface area contributed by atoms with Gasteiger partial charge in [-0.25, -0.2) is 4.98 Å². The summed E-state index contributed by atoms with van der Waals surface area (Å²) < 4.78 is 2.27. The van der Waals surface area contributed by atoms with Crippen LogP contribution in [0.4, 0.5) is 0 Å². The average Bonchev–Trinajstić information content (AvgIpc) is 2.67. The van der Waals surface area contributed by atoms with E-state index in [1.54, 1.807) is 0 Å². The van der Waals surface area contributed by atoms with E-state index in [4.69, 9.17) is 0 Å². The Labute approximate surface area is 85.5 Å². The van der Waals surface area contributed by atoms with Crippen molar-refractivity contribution in [2.45, 2.75) is 45.2 Å². The Morgan fingerprint density at radius 2 is 2.36 bits per heavy atom. The van der Waals surface area contributed by atoms with Crippen LogP contribution in [-0.2, 0) is 0 Å². The van der Waals surface area contributed by atoms with Gasteiger partial charge in [-0.05, 0) is 33.2 Å². The third-order valence-corrected chi connectivity index (χ3v) is 2.92. The Morgan fingerprint density at radius 1 is 1.50 bits per heavy atom. The van der Waals surface area contributed by atoms with Crippen LogP contribution < -0.4 is 5.32 Å². The maximum atomic E-state index is 4.24. The topological polar surface area (TPSA) is 29.9 Å². The molecule has 0 radical (unpaired) electrons. The molecule has 0 amide bonds. The van der Waals surface area contributed by atoms with E-state index in [2.05, 4.69) is 28.7 Å². The van der Waals surface area contributed by atoms with E-state index in [-0.39, 0.29) is 0 Å². The summed E-state index contributed by atoms with van der Waals surface area (Å²) in [5.41, 5.74) is 1.35. The molecule has 1 saturated heterocycles. The number of hydrogen-bond donors (Lipinski definition) is 1. The van der Waals surface area contributed by atoms with Crippen LogP contribution in [0.3, 0.4) is 0 Å². The molecular weight excluding hydrogens is 174 g/mol. The smallest absolute Gasteiger partial charge is 0.0951 e. The molecule has 1 aliphatic heterocycles. The van der Waals surface area contributed by atoms with Gasteiger partial charge in [0, 0.05) is 18.3 Å². The number of imidazole rings is 1. The van der Waals surface area contributed by atoms with E-state index in [1.807, 2.05) is 12.5 Å². The van der Waals surface area contributed by atoms with Gasteiger partial charge in [0.25, 0.3) is 0 Å². The zero-order chi connectivity index (χ0) is 9.97. The molecule has 1 atom stereocenters. The Morgan fingerprint density at radius 3 is 3.00 bits per heavy atom. The Hall–Kier alpha value is -0.830. The lowest BCUT2D eigenvalue weighted by atomic mass is 10.0. The first-order valence-corrected chi connectivity index (χ1v) is 5.54. The van der Waals surface area contributed by atoms with Crippen LogP contribution >= 0.6 is 0 Å². The van der Waals surface area contributed by atoms with Crippen molar-refractivity contribution in [3.63, 3.8) is 0 Å². The van der Waals surface area contributed by atoms with Crippen LogP contribution in [0.5, 0.6) is 0 Å². The third kappa shape index (κ3) is 1.82. The van der Waals surface area contributed by atoms with Crippen molar-refractivity contribution < 1.29 is 0 Å². The van der Waals surface area contributed by atoms with Crippen LogP contribution in [0, 0.1) is 0 Å². The summed E-state index contributed by atoms with van der Waals surface area (Å²) in [5, 5.41) is 3.56.